The number of anilines is 2. The van der Waals surface area contributed by atoms with Gasteiger partial charge in [0, 0.05) is 31.0 Å². The van der Waals surface area contributed by atoms with Gasteiger partial charge in [-0.05, 0) is 37.3 Å². The Bertz CT molecular complexity index is 941. The van der Waals surface area contributed by atoms with Crippen molar-refractivity contribution in [2.75, 3.05) is 30.3 Å². The lowest BCUT2D eigenvalue weighted by molar-refractivity contribution is 0.0852. The number of nitrogens with one attached hydrogen (secondary N) is 3. The van der Waals surface area contributed by atoms with Crippen molar-refractivity contribution in [1.82, 2.24) is 10.2 Å². The van der Waals surface area contributed by atoms with Crippen LogP contribution in [0.2, 0.25) is 5.02 Å². The van der Waals surface area contributed by atoms with Gasteiger partial charge in [-0.15, -0.1) is 0 Å². The normalized spacial score (nSPS) is 17.2. The van der Waals surface area contributed by atoms with E-state index in [1.807, 2.05) is 31.2 Å². The molecular formula is C21H23ClN4O3. The smallest absolute Gasteiger partial charge is 0.321 e. The van der Waals surface area contributed by atoms with Gasteiger partial charge in [0.25, 0.3) is 5.91 Å². The molecule has 152 valence electrons. The number of carbonyl (C=O) groups is 2. The number of benzene rings is 2. The summed E-state index contributed by atoms with van der Waals surface area (Å²) in [4.78, 5) is 27.0. The molecule has 4 rings (SSSR count). The van der Waals surface area contributed by atoms with Gasteiger partial charge in [-0.25, -0.2) is 4.79 Å². The average molecular weight is 415 g/mol. The highest BCUT2D eigenvalue weighted by atomic mass is 35.5. The molecule has 1 spiro atoms. The first-order valence-corrected chi connectivity index (χ1v) is 10.1. The van der Waals surface area contributed by atoms with E-state index < -0.39 is 5.66 Å². The van der Waals surface area contributed by atoms with Gasteiger partial charge >= 0.3 is 6.03 Å². The molecule has 2 aliphatic rings. The molecule has 0 atom stereocenters. The molecule has 1 saturated heterocycles. The largest absolute Gasteiger partial charge is 0.492 e. The molecule has 0 radical (unpaired) electrons. The number of carbonyl (C=O) groups excluding carboxylic acids is 2. The number of urea groups is 1. The lowest BCUT2D eigenvalue weighted by Crippen LogP contribution is -2.63. The van der Waals surface area contributed by atoms with Crippen molar-refractivity contribution in [2.24, 2.45) is 0 Å². The van der Waals surface area contributed by atoms with E-state index in [0.717, 1.165) is 5.69 Å². The number of fused-ring (bicyclic) bond motifs is 1. The van der Waals surface area contributed by atoms with Gasteiger partial charge in [0.05, 0.1) is 23.5 Å². The number of amides is 3. The fourth-order valence-corrected chi connectivity index (χ4v) is 3.95. The Kier molecular flexibility index (Phi) is 5.24. The second kappa shape index (κ2) is 7.83. The Labute approximate surface area is 174 Å². The third kappa shape index (κ3) is 3.96. The summed E-state index contributed by atoms with van der Waals surface area (Å²) in [5, 5.41) is 9.99. The standard InChI is InChI=1S/C21H23ClN4O3/c1-2-29-18-6-4-3-5-16(18)23-20(28)26-11-9-21(10-12-26)24-17-13-14(22)7-8-15(17)19(27)25-21/h3-8,13,24H,2,9-12H2,1H3,(H,23,28)(H,25,27). The van der Waals surface area contributed by atoms with E-state index in [1.54, 1.807) is 23.1 Å². The topological polar surface area (TPSA) is 82.7 Å². The summed E-state index contributed by atoms with van der Waals surface area (Å²) >= 11 is 6.09. The van der Waals surface area contributed by atoms with Gasteiger partial charge in [0.15, 0.2) is 0 Å². The van der Waals surface area contributed by atoms with E-state index in [4.69, 9.17) is 16.3 Å². The number of nitrogens with zero attached hydrogens (tertiary/aromatic N) is 1. The van der Waals surface area contributed by atoms with Crippen LogP contribution in [0.25, 0.3) is 0 Å². The molecule has 2 aromatic rings. The molecule has 2 heterocycles. The molecule has 2 aliphatic heterocycles. The number of piperidine rings is 1. The SMILES string of the molecule is CCOc1ccccc1NC(=O)N1CCC2(CC1)NC(=O)c1ccc(Cl)cc1N2. The summed E-state index contributed by atoms with van der Waals surface area (Å²) in [5.41, 5.74) is 1.37. The second-order valence-electron chi connectivity index (χ2n) is 7.20. The first-order valence-electron chi connectivity index (χ1n) is 9.68. The highest BCUT2D eigenvalue weighted by molar-refractivity contribution is 6.31. The van der Waals surface area contributed by atoms with E-state index in [-0.39, 0.29) is 11.9 Å². The van der Waals surface area contributed by atoms with E-state index in [1.165, 1.54) is 0 Å². The monoisotopic (exact) mass is 414 g/mol. The lowest BCUT2D eigenvalue weighted by atomic mass is 9.92. The molecule has 1 fully saturated rings. The van der Waals surface area contributed by atoms with Crippen molar-refractivity contribution >= 4 is 34.9 Å². The van der Waals surface area contributed by atoms with Crippen molar-refractivity contribution in [3.05, 3.63) is 53.1 Å². The van der Waals surface area contributed by atoms with Gasteiger partial charge in [-0.2, -0.15) is 0 Å². The first kappa shape index (κ1) is 19.4. The summed E-state index contributed by atoms with van der Waals surface area (Å²) in [6.07, 6.45) is 1.18. The van der Waals surface area contributed by atoms with Crippen LogP contribution in [0.3, 0.4) is 0 Å². The Balaban J connectivity index is 1.42. The number of hydrogen-bond donors (Lipinski definition) is 3. The Morgan fingerprint density at radius 3 is 2.72 bits per heavy atom. The summed E-state index contributed by atoms with van der Waals surface area (Å²) in [6, 6.07) is 12.4. The average Bonchev–Trinajstić information content (AvgIpc) is 2.69. The molecule has 0 saturated carbocycles. The molecule has 0 aliphatic carbocycles. The molecule has 0 aromatic heterocycles. The van der Waals surface area contributed by atoms with Crippen LogP contribution < -0.4 is 20.7 Å². The van der Waals surface area contributed by atoms with E-state index in [9.17, 15) is 9.59 Å². The maximum absolute atomic E-state index is 12.7. The van der Waals surface area contributed by atoms with Crippen LogP contribution in [-0.2, 0) is 0 Å². The highest BCUT2D eigenvalue weighted by Crippen LogP contribution is 2.33. The first-order chi connectivity index (χ1) is 14.0. The van der Waals surface area contributed by atoms with Crippen molar-refractivity contribution in [3.63, 3.8) is 0 Å². The van der Waals surface area contributed by atoms with Gasteiger partial charge in [-0.1, -0.05) is 23.7 Å². The van der Waals surface area contributed by atoms with Crippen LogP contribution in [0.1, 0.15) is 30.1 Å². The maximum atomic E-state index is 12.7. The van der Waals surface area contributed by atoms with Crippen LogP contribution in [0, 0.1) is 0 Å². The zero-order valence-electron chi connectivity index (χ0n) is 16.1. The van der Waals surface area contributed by atoms with Crippen molar-refractivity contribution < 1.29 is 14.3 Å². The van der Waals surface area contributed by atoms with E-state index in [0.29, 0.717) is 54.6 Å². The molecule has 3 amide bonds. The molecule has 7 nitrogen and oxygen atoms in total. The minimum Gasteiger partial charge on any atom is -0.492 e. The molecule has 8 heteroatoms. The molecule has 3 N–H and O–H groups in total. The van der Waals surface area contributed by atoms with Crippen molar-refractivity contribution in [2.45, 2.75) is 25.4 Å². The minimum atomic E-state index is -0.575. The summed E-state index contributed by atoms with van der Waals surface area (Å²) < 4.78 is 5.57. The van der Waals surface area contributed by atoms with Crippen LogP contribution in [0.5, 0.6) is 5.75 Å². The predicted octanol–water partition coefficient (Wildman–Crippen LogP) is 3.92. The van der Waals surface area contributed by atoms with Crippen molar-refractivity contribution in [1.29, 1.82) is 0 Å². The number of ether oxygens (including phenoxy) is 1. The fraction of sp³-hybridized carbons (Fsp3) is 0.333. The zero-order valence-corrected chi connectivity index (χ0v) is 16.9. The number of likely N-dealkylation sites (tertiary alicyclic amines) is 1. The number of para-hydroxylation sites is 2. The van der Waals surface area contributed by atoms with Crippen LogP contribution in [0.4, 0.5) is 16.2 Å². The molecule has 0 bridgehead atoms. The van der Waals surface area contributed by atoms with Crippen LogP contribution in [-0.4, -0.2) is 42.2 Å². The maximum Gasteiger partial charge on any atom is 0.321 e. The second-order valence-corrected chi connectivity index (χ2v) is 7.63. The molecule has 2 aromatic carbocycles. The lowest BCUT2D eigenvalue weighted by Gasteiger charge is -2.45. The Hall–Kier alpha value is -2.93. The third-order valence-corrected chi connectivity index (χ3v) is 5.52. The number of hydrogen-bond acceptors (Lipinski definition) is 4. The van der Waals surface area contributed by atoms with Gasteiger partial charge < -0.3 is 25.6 Å². The molecule has 29 heavy (non-hydrogen) atoms. The van der Waals surface area contributed by atoms with Gasteiger partial charge in [-0.3, -0.25) is 4.79 Å². The fourth-order valence-electron chi connectivity index (χ4n) is 3.78. The number of halogens is 1. The minimum absolute atomic E-state index is 0.126. The summed E-state index contributed by atoms with van der Waals surface area (Å²) in [7, 11) is 0. The highest BCUT2D eigenvalue weighted by Gasteiger charge is 2.41. The van der Waals surface area contributed by atoms with Crippen LogP contribution >= 0.6 is 11.6 Å². The summed E-state index contributed by atoms with van der Waals surface area (Å²) in [5.74, 6) is 0.519. The van der Waals surface area contributed by atoms with Gasteiger partial charge in [0.1, 0.15) is 11.4 Å². The quantitative estimate of drug-likeness (QED) is 0.710. The summed E-state index contributed by atoms with van der Waals surface area (Å²) in [6.45, 7) is 3.44. The Morgan fingerprint density at radius 2 is 1.97 bits per heavy atom. The molecular weight excluding hydrogens is 392 g/mol. The van der Waals surface area contributed by atoms with E-state index in [2.05, 4.69) is 16.0 Å². The molecule has 0 unspecified atom stereocenters. The predicted molar refractivity (Wildman–Crippen MR) is 113 cm³/mol. The third-order valence-electron chi connectivity index (χ3n) is 5.29. The zero-order chi connectivity index (χ0) is 20.4. The Morgan fingerprint density at radius 1 is 1.21 bits per heavy atom. The van der Waals surface area contributed by atoms with E-state index >= 15 is 0 Å². The number of rotatable bonds is 3. The van der Waals surface area contributed by atoms with Crippen LogP contribution in [0.15, 0.2) is 42.5 Å². The van der Waals surface area contributed by atoms with Gasteiger partial charge in [0.2, 0.25) is 0 Å². The van der Waals surface area contributed by atoms with Crippen molar-refractivity contribution in [3.8, 4) is 5.75 Å².